The third-order valence-corrected chi connectivity index (χ3v) is 4.26. The SMILES string of the molecule is CC1(C)CC(=O)C=C(C(=O)NC(CO)C(=O)NC2CCCCC2)O1. The number of nitrogens with one attached hydrogen (secondary N) is 2. The van der Waals surface area contributed by atoms with E-state index in [1.54, 1.807) is 13.8 Å². The van der Waals surface area contributed by atoms with Crippen molar-refractivity contribution in [2.24, 2.45) is 0 Å². The number of ether oxygens (including phenoxy) is 1. The van der Waals surface area contributed by atoms with Crippen molar-refractivity contribution in [1.29, 1.82) is 0 Å². The summed E-state index contributed by atoms with van der Waals surface area (Å²) < 4.78 is 5.50. The van der Waals surface area contributed by atoms with Crippen molar-refractivity contribution in [3.05, 3.63) is 11.8 Å². The van der Waals surface area contributed by atoms with Gasteiger partial charge in [-0.25, -0.2) is 0 Å². The highest BCUT2D eigenvalue weighted by molar-refractivity contribution is 6.03. The molecule has 1 aliphatic heterocycles. The summed E-state index contributed by atoms with van der Waals surface area (Å²) in [5.74, 6) is -1.42. The largest absolute Gasteiger partial charge is 0.482 e. The smallest absolute Gasteiger partial charge is 0.287 e. The Hall–Kier alpha value is -1.89. The molecule has 0 radical (unpaired) electrons. The maximum absolute atomic E-state index is 12.2. The average Bonchev–Trinajstić information content (AvgIpc) is 2.51. The minimum absolute atomic E-state index is 0.0860. The number of aliphatic hydroxyl groups is 1. The van der Waals surface area contributed by atoms with Gasteiger partial charge in [0.25, 0.3) is 5.91 Å². The van der Waals surface area contributed by atoms with Crippen molar-refractivity contribution in [1.82, 2.24) is 10.6 Å². The van der Waals surface area contributed by atoms with Crippen molar-refractivity contribution in [3.8, 4) is 0 Å². The second-order valence-electron chi connectivity index (χ2n) is 7.07. The number of allylic oxidation sites excluding steroid dienone is 1. The number of ketones is 1. The maximum Gasteiger partial charge on any atom is 0.287 e. The number of amides is 2. The van der Waals surface area contributed by atoms with E-state index in [1.165, 1.54) is 6.42 Å². The Morgan fingerprint density at radius 2 is 2.00 bits per heavy atom. The van der Waals surface area contributed by atoms with Gasteiger partial charge in [-0.05, 0) is 26.7 Å². The molecule has 1 aliphatic carbocycles. The topological polar surface area (TPSA) is 105 Å². The molecule has 1 heterocycles. The molecule has 7 nitrogen and oxygen atoms in total. The van der Waals surface area contributed by atoms with Gasteiger partial charge in [-0.3, -0.25) is 14.4 Å². The molecule has 0 aromatic heterocycles. The first-order valence-electron chi connectivity index (χ1n) is 8.46. The molecule has 0 bridgehead atoms. The summed E-state index contributed by atoms with van der Waals surface area (Å²) in [6, 6.07) is -0.980. The first kappa shape index (κ1) is 18.4. The first-order valence-corrected chi connectivity index (χ1v) is 8.46. The van der Waals surface area contributed by atoms with Gasteiger partial charge in [-0.2, -0.15) is 0 Å². The number of hydrogen-bond acceptors (Lipinski definition) is 5. The normalized spacial score (nSPS) is 22.1. The van der Waals surface area contributed by atoms with Crippen molar-refractivity contribution in [3.63, 3.8) is 0 Å². The average molecular weight is 338 g/mol. The number of carbonyl (C=O) groups excluding carboxylic acids is 3. The minimum atomic E-state index is -1.07. The third-order valence-electron chi connectivity index (χ3n) is 4.26. The van der Waals surface area contributed by atoms with Gasteiger partial charge in [0.15, 0.2) is 11.5 Å². The fourth-order valence-corrected chi connectivity index (χ4v) is 3.06. The van der Waals surface area contributed by atoms with Gasteiger partial charge in [0.05, 0.1) is 6.61 Å². The highest BCUT2D eigenvalue weighted by atomic mass is 16.5. The molecule has 0 aromatic carbocycles. The Kier molecular flexibility index (Phi) is 5.99. The van der Waals surface area contributed by atoms with Gasteiger partial charge in [0.1, 0.15) is 11.6 Å². The standard InChI is InChI=1S/C17H26N2O5/c1-17(2)9-12(21)8-14(24-17)16(23)19-13(10-20)15(22)18-11-6-4-3-5-7-11/h8,11,13,20H,3-7,9-10H2,1-2H3,(H,18,22)(H,19,23). The van der Waals surface area contributed by atoms with E-state index in [9.17, 15) is 19.5 Å². The van der Waals surface area contributed by atoms with Gasteiger partial charge in [0.2, 0.25) is 5.91 Å². The van der Waals surface area contributed by atoms with Gasteiger partial charge in [-0.1, -0.05) is 19.3 Å². The molecular weight excluding hydrogens is 312 g/mol. The predicted octanol–water partition coefficient (Wildman–Crippen LogP) is 0.564. The van der Waals surface area contributed by atoms with Gasteiger partial charge < -0.3 is 20.5 Å². The lowest BCUT2D eigenvalue weighted by Crippen LogP contribution is -2.52. The number of aliphatic hydroxyl groups excluding tert-OH is 1. The van der Waals surface area contributed by atoms with Crippen LogP contribution in [0, 0.1) is 0 Å². The summed E-state index contributed by atoms with van der Waals surface area (Å²) in [4.78, 5) is 36.2. The van der Waals surface area contributed by atoms with Crippen LogP contribution in [0.2, 0.25) is 0 Å². The lowest BCUT2D eigenvalue weighted by Gasteiger charge is -2.30. The van der Waals surface area contributed by atoms with Crippen LogP contribution in [0.5, 0.6) is 0 Å². The molecule has 3 N–H and O–H groups in total. The number of carbonyl (C=O) groups is 3. The van der Waals surface area contributed by atoms with Crippen LogP contribution >= 0.6 is 0 Å². The molecule has 1 fully saturated rings. The molecule has 7 heteroatoms. The summed E-state index contributed by atoms with van der Waals surface area (Å²) in [5, 5.41) is 14.7. The molecule has 2 rings (SSSR count). The van der Waals surface area contributed by atoms with Crippen molar-refractivity contribution >= 4 is 17.6 Å². The molecular formula is C17H26N2O5. The van der Waals surface area contributed by atoms with Crippen molar-refractivity contribution < 1.29 is 24.2 Å². The second kappa shape index (κ2) is 7.79. The van der Waals surface area contributed by atoms with Crippen molar-refractivity contribution in [2.75, 3.05) is 6.61 Å². The zero-order valence-electron chi connectivity index (χ0n) is 14.3. The Balaban J connectivity index is 1.94. The molecule has 134 valence electrons. The van der Waals surface area contributed by atoms with Crippen LogP contribution in [0.15, 0.2) is 11.8 Å². The van der Waals surface area contributed by atoms with Gasteiger partial charge >= 0.3 is 0 Å². The van der Waals surface area contributed by atoms with E-state index in [0.29, 0.717) is 0 Å². The van der Waals surface area contributed by atoms with Crippen LogP contribution in [0.25, 0.3) is 0 Å². The Bertz CT molecular complexity index is 535. The second-order valence-corrected chi connectivity index (χ2v) is 7.07. The van der Waals surface area contributed by atoms with E-state index < -0.39 is 30.1 Å². The zero-order chi connectivity index (χ0) is 17.7. The fraction of sp³-hybridized carbons (Fsp3) is 0.706. The summed E-state index contributed by atoms with van der Waals surface area (Å²) in [5.41, 5.74) is -0.766. The Morgan fingerprint density at radius 3 is 2.58 bits per heavy atom. The molecule has 2 aliphatic rings. The van der Waals surface area contributed by atoms with E-state index in [0.717, 1.165) is 31.8 Å². The maximum atomic E-state index is 12.2. The van der Waals surface area contributed by atoms with Crippen LogP contribution in [-0.4, -0.2) is 47.0 Å². The third kappa shape index (κ3) is 5.06. The van der Waals surface area contributed by atoms with Crippen LogP contribution in [0.4, 0.5) is 0 Å². The lowest BCUT2D eigenvalue weighted by molar-refractivity contribution is -0.134. The summed E-state index contributed by atoms with van der Waals surface area (Å²) in [6.45, 7) is 2.91. The molecule has 1 saturated carbocycles. The summed E-state index contributed by atoms with van der Waals surface area (Å²) in [6.07, 6.45) is 6.45. The molecule has 1 unspecified atom stereocenters. The van der Waals surface area contributed by atoms with E-state index >= 15 is 0 Å². The minimum Gasteiger partial charge on any atom is -0.482 e. The highest BCUT2D eigenvalue weighted by Crippen LogP contribution is 2.24. The van der Waals surface area contributed by atoms with Crippen LogP contribution in [-0.2, 0) is 19.1 Å². The van der Waals surface area contributed by atoms with Crippen LogP contribution in [0.1, 0.15) is 52.4 Å². The fourth-order valence-electron chi connectivity index (χ4n) is 3.06. The molecule has 2 amide bonds. The van der Waals surface area contributed by atoms with Crippen LogP contribution < -0.4 is 10.6 Å². The molecule has 0 spiro atoms. The lowest BCUT2D eigenvalue weighted by atomic mass is 9.95. The number of rotatable bonds is 5. The van der Waals surface area contributed by atoms with E-state index in [2.05, 4.69) is 10.6 Å². The van der Waals surface area contributed by atoms with Crippen molar-refractivity contribution in [2.45, 2.75) is 70.1 Å². The first-order chi connectivity index (χ1) is 11.3. The van der Waals surface area contributed by atoms with E-state index in [4.69, 9.17) is 4.74 Å². The van der Waals surface area contributed by atoms with Gasteiger partial charge in [-0.15, -0.1) is 0 Å². The predicted molar refractivity (Wildman–Crippen MR) is 86.9 cm³/mol. The number of hydrogen-bond donors (Lipinski definition) is 3. The molecule has 1 atom stereocenters. The molecule has 0 aromatic rings. The summed E-state index contributed by atoms with van der Waals surface area (Å²) >= 11 is 0. The molecule has 0 saturated heterocycles. The zero-order valence-corrected chi connectivity index (χ0v) is 14.3. The van der Waals surface area contributed by atoms with Gasteiger partial charge in [0, 0.05) is 18.5 Å². The molecule has 24 heavy (non-hydrogen) atoms. The van der Waals surface area contributed by atoms with Crippen LogP contribution in [0.3, 0.4) is 0 Å². The monoisotopic (exact) mass is 338 g/mol. The Labute approximate surface area is 141 Å². The highest BCUT2D eigenvalue weighted by Gasteiger charge is 2.33. The summed E-state index contributed by atoms with van der Waals surface area (Å²) in [7, 11) is 0. The van der Waals surface area contributed by atoms with E-state index in [1.807, 2.05) is 0 Å². The quantitative estimate of drug-likeness (QED) is 0.679. The van der Waals surface area contributed by atoms with E-state index in [-0.39, 0.29) is 24.0 Å². The Morgan fingerprint density at radius 1 is 1.33 bits per heavy atom.